The van der Waals surface area contributed by atoms with Crippen molar-refractivity contribution < 1.29 is 18.1 Å². The average molecular weight is 589 g/mol. The van der Waals surface area contributed by atoms with Crippen LogP contribution in [0.4, 0.5) is 11.4 Å². The fourth-order valence-electron chi connectivity index (χ4n) is 5.71. The van der Waals surface area contributed by atoms with Gasteiger partial charge in [0.25, 0.3) is 11.2 Å². The molecule has 2 aliphatic heterocycles. The highest BCUT2D eigenvalue weighted by Crippen LogP contribution is 2.35. The van der Waals surface area contributed by atoms with Gasteiger partial charge in [0.1, 0.15) is 16.3 Å². The fraction of sp³-hybridized carbons (Fsp3) is 0.500. The molecule has 1 amide bonds. The van der Waals surface area contributed by atoms with E-state index in [1.165, 1.54) is 38.7 Å². The monoisotopic (exact) mass is 588 g/mol. The molecule has 0 radical (unpaired) electrons. The average Bonchev–Trinajstić information content (AvgIpc) is 3.27. The van der Waals surface area contributed by atoms with Gasteiger partial charge in [-0.05, 0) is 37.3 Å². The summed E-state index contributed by atoms with van der Waals surface area (Å²) in [5, 5.41) is 11.0. The van der Waals surface area contributed by atoms with Crippen LogP contribution in [-0.4, -0.2) is 77.3 Å². The standard InChI is InChI=1S/C26H32N6O6S2/c1-17-12-18(2)14-31(13-17)40(37,38)24-19(3)39-25-23(24)26(34)30(16-27-25)15-22(33)29-10-8-28(9-11-29)20-4-6-21(7-5-20)32(35)36/h4-7,16-18H,8-15H2,1-3H3/t17-,18-/m1/s1. The number of piperazine rings is 1. The molecule has 2 aromatic heterocycles. The molecule has 0 unspecified atom stereocenters. The number of aromatic nitrogens is 2. The van der Waals surface area contributed by atoms with Crippen LogP contribution in [0.2, 0.25) is 0 Å². The van der Waals surface area contributed by atoms with Gasteiger partial charge in [-0.15, -0.1) is 11.3 Å². The first-order valence-electron chi connectivity index (χ1n) is 13.2. The van der Waals surface area contributed by atoms with Crippen LogP contribution in [0.3, 0.4) is 0 Å². The highest BCUT2D eigenvalue weighted by atomic mass is 32.2. The number of nitrogens with zero attached hydrogens (tertiary/aromatic N) is 6. The van der Waals surface area contributed by atoms with E-state index in [4.69, 9.17) is 0 Å². The van der Waals surface area contributed by atoms with Crippen LogP contribution >= 0.6 is 11.3 Å². The van der Waals surface area contributed by atoms with E-state index in [1.54, 1.807) is 24.0 Å². The maximum absolute atomic E-state index is 13.8. The second-order valence-corrected chi connectivity index (χ2v) is 13.8. The van der Waals surface area contributed by atoms with Crippen molar-refractivity contribution >= 4 is 48.9 Å². The van der Waals surface area contributed by atoms with Crippen molar-refractivity contribution in [2.45, 2.75) is 38.6 Å². The van der Waals surface area contributed by atoms with E-state index >= 15 is 0 Å². The number of rotatable bonds is 6. The third-order valence-corrected chi connectivity index (χ3v) is 10.7. The number of non-ortho nitro benzene ring substituents is 1. The summed E-state index contributed by atoms with van der Waals surface area (Å²) >= 11 is 1.17. The Balaban J connectivity index is 1.33. The summed E-state index contributed by atoms with van der Waals surface area (Å²) in [6.45, 7) is 8.23. The van der Waals surface area contributed by atoms with Gasteiger partial charge in [0.15, 0.2) is 0 Å². The Morgan fingerprint density at radius 3 is 2.33 bits per heavy atom. The molecule has 0 saturated carbocycles. The van der Waals surface area contributed by atoms with Crippen LogP contribution in [0.25, 0.3) is 10.2 Å². The zero-order chi connectivity index (χ0) is 28.8. The van der Waals surface area contributed by atoms with Gasteiger partial charge in [0.05, 0.1) is 16.6 Å². The quantitative estimate of drug-likeness (QED) is 0.316. The third kappa shape index (κ3) is 5.34. The molecule has 2 atom stereocenters. The topological polar surface area (TPSA) is 139 Å². The minimum absolute atomic E-state index is 0.00445. The van der Waals surface area contributed by atoms with Crippen LogP contribution in [0.5, 0.6) is 0 Å². The molecule has 0 aliphatic carbocycles. The van der Waals surface area contributed by atoms with Crippen molar-refractivity contribution in [3.05, 3.63) is 55.9 Å². The number of aryl methyl sites for hydroxylation is 1. The minimum Gasteiger partial charge on any atom is -0.368 e. The Hall–Kier alpha value is -3.36. The number of anilines is 1. The number of thiophene rings is 1. The highest BCUT2D eigenvalue weighted by molar-refractivity contribution is 7.89. The van der Waals surface area contributed by atoms with Gasteiger partial charge in [0, 0.05) is 62.0 Å². The predicted octanol–water partition coefficient (Wildman–Crippen LogP) is 2.69. The lowest BCUT2D eigenvalue weighted by molar-refractivity contribution is -0.384. The number of fused-ring (bicyclic) bond motifs is 1. The molecule has 12 nitrogen and oxygen atoms in total. The Morgan fingerprint density at radius 2 is 1.73 bits per heavy atom. The van der Waals surface area contributed by atoms with Crippen LogP contribution in [-0.2, 0) is 21.4 Å². The molecular formula is C26H32N6O6S2. The van der Waals surface area contributed by atoms with Crippen molar-refractivity contribution in [2.75, 3.05) is 44.2 Å². The van der Waals surface area contributed by atoms with E-state index in [0.29, 0.717) is 49.0 Å². The number of amides is 1. The molecule has 14 heteroatoms. The number of sulfonamides is 1. The molecule has 40 heavy (non-hydrogen) atoms. The van der Waals surface area contributed by atoms with Gasteiger partial charge < -0.3 is 9.80 Å². The summed E-state index contributed by atoms with van der Waals surface area (Å²) in [5.41, 5.74) is 0.317. The number of nitro groups is 1. The van der Waals surface area contributed by atoms with Crippen LogP contribution in [0.1, 0.15) is 25.1 Å². The number of carbonyl (C=O) groups excluding carboxylic acids is 1. The van der Waals surface area contributed by atoms with Crippen molar-refractivity contribution in [1.82, 2.24) is 18.8 Å². The van der Waals surface area contributed by atoms with Crippen LogP contribution in [0, 0.1) is 28.9 Å². The predicted molar refractivity (Wildman–Crippen MR) is 152 cm³/mol. The molecule has 0 N–H and O–H groups in total. The van der Waals surface area contributed by atoms with Crippen molar-refractivity contribution in [3.63, 3.8) is 0 Å². The lowest BCUT2D eigenvalue weighted by Crippen LogP contribution is -2.50. The largest absolute Gasteiger partial charge is 0.368 e. The molecule has 2 fully saturated rings. The first-order valence-corrected chi connectivity index (χ1v) is 15.5. The molecule has 0 bridgehead atoms. The van der Waals surface area contributed by atoms with Crippen molar-refractivity contribution in [2.24, 2.45) is 11.8 Å². The Bertz CT molecular complexity index is 1600. The number of nitro benzene ring substituents is 1. The Labute approximate surface area is 236 Å². The molecule has 2 aliphatic rings. The van der Waals surface area contributed by atoms with E-state index in [-0.39, 0.29) is 40.3 Å². The number of benzene rings is 1. The second kappa shape index (κ2) is 10.9. The summed E-state index contributed by atoms with van der Waals surface area (Å²) in [5.74, 6) is 0.177. The Morgan fingerprint density at radius 1 is 1.10 bits per heavy atom. The van der Waals surface area contributed by atoms with E-state index in [0.717, 1.165) is 12.1 Å². The lowest BCUT2D eigenvalue weighted by Gasteiger charge is -2.36. The molecule has 3 aromatic rings. The van der Waals surface area contributed by atoms with E-state index < -0.39 is 20.5 Å². The molecule has 5 rings (SSSR count). The van der Waals surface area contributed by atoms with E-state index in [2.05, 4.69) is 4.98 Å². The number of hydrogen-bond acceptors (Lipinski definition) is 9. The van der Waals surface area contributed by atoms with Crippen LogP contribution in [0.15, 0.2) is 40.3 Å². The molecule has 214 valence electrons. The highest BCUT2D eigenvalue weighted by Gasteiger charge is 2.36. The number of carbonyl (C=O) groups is 1. The zero-order valence-electron chi connectivity index (χ0n) is 22.6. The fourth-order valence-corrected chi connectivity index (χ4v) is 9.06. The molecular weight excluding hydrogens is 556 g/mol. The molecule has 4 heterocycles. The maximum atomic E-state index is 13.8. The van der Waals surface area contributed by atoms with E-state index in [9.17, 15) is 28.1 Å². The summed E-state index contributed by atoms with van der Waals surface area (Å²) in [6.07, 6.45) is 2.26. The summed E-state index contributed by atoms with van der Waals surface area (Å²) in [4.78, 5) is 46.1. The molecule has 2 saturated heterocycles. The molecule has 1 aromatic carbocycles. The summed E-state index contributed by atoms with van der Waals surface area (Å²) in [6, 6.07) is 6.29. The van der Waals surface area contributed by atoms with Crippen LogP contribution < -0.4 is 10.5 Å². The summed E-state index contributed by atoms with van der Waals surface area (Å²) in [7, 11) is -3.92. The first-order chi connectivity index (χ1) is 19.0. The van der Waals surface area contributed by atoms with Gasteiger partial charge in [-0.1, -0.05) is 13.8 Å². The SMILES string of the molecule is Cc1sc2ncn(CC(=O)N3CCN(c4ccc([N+](=O)[O-])cc4)CC3)c(=O)c2c1S(=O)(=O)N1C[C@H](C)C[C@@H](C)C1. The second-order valence-electron chi connectivity index (χ2n) is 10.8. The lowest BCUT2D eigenvalue weighted by atomic mass is 9.94. The minimum atomic E-state index is -3.92. The van der Waals surface area contributed by atoms with Gasteiger partial charge in [0.2, 0.25) is 15.9 Å². The number of piperidine rings is 1. The Kier molecular flexibility index (Phi) is 7.68. The van der Waals surface area contributed by atoms with Gasteiger partial charge in [-0.25, -0.2) is 13.4 Å². The van der Waals surface area contributed by atoms with Crippen molar-refractivity contribution in [1.29, 1.82) is 0 Å². The maximum Gasteiger partial charge on any atom is 0.269 e. The van der Waals surface area contributed by atoms with Gasteiger partial charge >= 0.3 is 0 Å². The van der Waals surface area contributed by atoms with Gasteiger partial charge in [-0.2, -0.15) is 4.31 Å². The van der Waals surface area contributed by atoms with Gasteiger partial charge in [-0.3, -0.25) is 24.3 Å². The van der Waals surface area contributed by atoms with E-state index in [1.807, 2.05) is 18.7 Å². The third-order valence-electron chi connectivity index (χ3n) is 7.60. The smallest absolute Gasteiger partial charge is 0.269 e. The normalized spacial score (nSPS) is 20.7. The summed E-state index contributed by atoms with van der Waals surface area (Å²) < 4.78 is 30.2. The number of hydrogen-bond donors (Lipinski definition) is 0. The van der Waals surface area contributed by atoms with Crippen molar-refractivity contribution in [3.8, 4) is 0 Å². The molecule has 0 spiro atoms. The first kappa shape index (κ1) is 28.2. The zero-order valence-corrected chi connectivity index (χ0v) is 24.3.